The van der Waals surface area contributed by atoms with Crippen molar-refractivity contribution in [1.82, 2.24) is 9.88 Å². The van der Waals surface area contributed by atoms with Crippen LogP contribution in [0.2, 0.25) is 5.02 Å². The summed E-state index contributed by atoms with van der Waals surface area (Å²) in [6.45, 7) is 2.53. The Kier molecular flexibility index (Phi) is 4.55. The Morgan fingerprint density at radius 3 is 2.58 bits per heavy atom. The van der Waals surface area contributed by atoms with Gasteiger partial charge in [0.05, 0.1) is 10.7 Å². The topological polar surface area (TPSA) is 78.7 Å². The lowest BCUT2D eigenvalue weighted by Gasteiger charge is -2.36. The Bertz CT molecular complexity index is 825. The van der Waals surface area contributed by atoms with E-state index in [0.29, 0.717) is 31.2 Å². The highest BCUT2D eigenvalue weighted by Gasteiger charge is 2.31. The van der Waals surface area contributed by atoms with E-state index in [4.69, 9.17) is 16.0 Å². The zero-order valence-corrected chi connectivity index (χ0v) is 14.9. The van der Waals surface area contributed by atoms with Gasteiger partial charge in [0.2, 0.25) is 5.91 Å². The third kappa shape index (κ3) is 3.53. The number of para-hydroxylation sites is 1. The van der Waals surface area contributed by atoms with Crippen LogP contribution in [0.25, 0.3) is 0 Å². The number of nitrogens with zero attached hydrogens (tertiary/aromatic N) is 3. The number of benzene rings is 1. The van der Waals surface area contributed by atoms with Gasteiger partial charge in [0.1, 0.15) is 6.26 Å². The number of aromatic nitrogens is 1. The molecule has 8 heteroatoms. The number of rotatable bonds is 4. The number of carbonyl (C=O) groups excluding carboxylic acids is 2. The average molecular weight is 375 g/mol. The van der Waals surface area contributed by atoms with Crippen LogP contribution in [0.15, 0.2) is 34.9 Å². The van der Waals surface area contributed by atoms with Crippen molar-refractivity contribution in [3.63, 3.8) is 0 Å². The van der Waals surface area contributed by atoms with Gasteiger partial charge in [-0.3, -0.25) is 14.9 Å². The number of hydrogen-bond donors (Lipinski definition) is 1. The van der Waals surface area contributed by atoms with Crippen LogP contribution in [0.3, 0.4) is 0 Å². The standard InChI is InChI=1S/C18H19ClN4O3/c19-13-3-1-2-4-15(13)22-7-9-23(10-8-22)17(25)14-11-26-18(20-14)21-16(24)12-5-6-12/h1-4,11-12H,5-10H2,(H,20,21,24). The van der Waals surface area contributed by atoms with Crippen molar-refractivity contribution in [3.05, 3.63) is 41.2 Å². The van der Waals surface area contributed by atoms with Crippen molar-refractivity contribution in [3.8, 4) is 0 Å². The fourth-order valence-electron chi connectivity index (χ4n) is 3.00. The number of nitrogens with one attached hydrogen (secondary N) is 1. The molecule has 0 atom stereocenters. The Morgan fingerprint density at radius 2 is 1.88 bits per heavy atom. The molecule has 1 N–H and O–H groups in total. The second-order valence-electron chi connectivity index (χ2n) is 6.53. The zero-order valence-electron chi connectivity index (χ0n) is 14.2. The number of carbonyl (C=O) groups is 2. The summed E-state index contributed by atoms with van der Waals surface area (Å²) in [5, 5.41) is 3.31. The normalized spacial score (nSPS) is 17.3. The van der Waals surface area contributed by atoms with Crippen LogP contribution in [-0.4, -0.2) is 47.9 Å². The minimum absolute atomic E-state index is 0.0546. The molecule has 0 spiro atoms. The summed E-state index contributed by atoms with van der Waals surface area (Å²) in [6.07, 6.45) is 3.09. The van der Waals surface area contributed by atoms with Crippen molar-refractivity contribution in [1.29, 1.82) is 0 Å². The van der Waals surface area contributed by atoms with E-state index in [1.165, 1.54) is 6.26 Å². The summed E-state index contributed by atoms with van der Waals surface area (Å²) >= 11 is 6.24. The van der Waals surface area contributed by atoms with Gasteiger partial charge in [-0.1, -0.05) is 23.7 Å². The molecule has 136 valence electrons. The number of piperazine rings is 1. The quantitative estimate of drug-likeness (QED) is 0.890. The molecule has 2 aliphatic rings. The van der Waals surface area contributed by atoms with E-state index < -0.39 is 0 Å². The number of oxazole rings is 1. The molecule has 4 rings (SSSR count). The van der Waals surface area contributed by atoms with Crippen molar-refractivity contribution in [2.45, 2.75) is 12.8 Å². The van der Waals surface area contributed by atoms with E-state index in [0.717, 1.165) is 18.5 Å². The van der Waals surface area contributed by atoms with E-state index in [2.05, 4.69) is 15.2 Å². The molecule has 0 unspecified atom stereocenters. The molecular formula is C18H19ClN4O3. The molecule has 26 heavy (non-hydrogen) atoms. The minimum atomic E-state index is -0.195. The van der Waals surface area contributed by atoms with Crippen molar-refractivity contribution >= 4 is 35.1 Å². The summed E-state index contributed by atoms with van der Waals surface area (Å²) in [7, 11) is 0. The molecule has 2 amide bonds. The summed E-state index contributed by atoms with van der Waals surface area (Å²) in [6, 6.07) is 7.77. The second-order valence-corrected chi connectivity index (χ2v) is 6.94. The van der Waals surface area contributed by atoms with Gasteiger partial charge in [0.15, 0.2) is 5.69 Å². The Labute approximate surface area is 155 Å². The van der Waals surface area contributed by atoms with Gasteiger partial charge in [-0.25, -0.2) is 0 Å². The molecule has 1 saturated heterocycles. The monoisotopic (exact) mass is 374 g/mol. The lowest BCUT2D eigenvalue weighted by atomic mass is 10.2. The van der Waals surface area contributed by atoms with Gasteiger partial charge in [-0.2, -0.15) is 4.98 Å². The maximum atomic E-state index is 12.6. The first-order valence-electron chi connectivity index (χ1n) is 8.67. The molecule has 1 aliphatic heterocycles. The zero-order chi connectivity index (χ0) is 18.1. The molecular weight excluding hydrogens is 356 g/mol. The van der Waals surface area contributed by atoms with E-state index in [1.807, 2.05) is 24.3 Å². The summed E-state index contributed by atoms with van der Waals surface area (Å²) in [4.78, 5) is 32.3. The van der Waals surface area contributed by atoms with Crippen LogP contribution in [0.4, 0.5) is 11.7 Å². The number of amides is 2. The van der Waals surface area contributed by atoms with Crippen LogP contribution < -0.4 is 10.2 Å². The Morgan fingerprint density at radius 1 is 1.15 bits per heavy atom. The highest BCUT2D eigenvalue weighted by Crippen LogP contribution is 2.30. The predicted molar refractivity (Wildman–Crippen MR) is 97.4 cm³/mol. The van der Waals surface area contributed by atoms with E-state index >= 15 is 0 Å². The number of halogens is 1. The largest absolute Gasteiger partial charge is 0.431 e. The molecule has 1 aromatic carbocycles. The summed E-state index contributed by atoms with van der Waals surface area (Å²) in [5.74, 6) is -0.238. The van der Waals surface area contributed by atoms with Gasteiger partial charge in [-0.05, 0) is 25.0 Å². The summed E-state index contributed by atoms with van der Waals surface area (Å²) < 4.78 is 5.21. The fourth-order valence-corrected chi connectivity index (χ4v) is 3.26. The average Bonchev–Trinajstić information content (AvgIpc) is 3.42. The fraction of sp³-hybridized carbons (Fsp3) is 0.389. The smallest absolute Gasteiger partial charge is 0.302 e. The highest BCUT2D eigenvalue weighted by molar-refractivity contribution is 6.33. The Hall–Kier alpha value is -2.54. The third-order valence-corrected chi connectivity index (χ3v) is 4.98. The van der Waals surface area contributed by atoms with Gasteiger partial charge in [0.25, 0.3) is 5.91 Å². The molecule has 1 saturated carbocycles. The second kappa shape index (κ2) is 6.99. The van der Waals surface area contributed by atoms with Crippen LogP contribution in [0.1, 0.15) is 23.3 Å². The van der Waals surface area contributed by atoms with Crippen LogP contribution in [-0.2, 0) is 4.79 Å². The highest BCUT2D eigenvalue weighted by atomic mass is 35.5. The first-order chi connectivity index (χ1) is 12.6. The maximum absolute atomic E-state index is 12.6. The molecule has 1 aromatic heterocycles. The van der Waals surface area contributed by atoms with Crippen LogP contribution in [0.5, 0.6) is 0 Å². The Balaban J connectivity index is 1.35. The number of hydrogen-bond acceptors (Lipinski definition) is 5. The van der Waals surface area contributed by atoms with Crippen molar-refractivity contribution in [2.24, 2.45) is 5.92 Å². The van der Waals surface area contributed by atoms with Gasteiger partial charge >= 0.3 is 6.01 Å². The number of anilines is 2. The molecule has 7 nitrogen and oxygen atoms in total. The van der Waals surface area contributed by atoms with Crippen LogP contribution >= 0.6 is 11.6 Å². The van der Waals surface area contributed by atoms with E-state index in [1.54, 1.807) is 4.90 Å². The van der Waals surface area contributed by atoms with Crippen molar-refractivity contribution < 1.29 is 14.0 Å². The van der Waals surface area contributed by atoms with E-state index in [-0.39, 0.29) is 29.4 Å². The minimum Gasteiger partial charge on any atom is -0.431 e. The van der Waals surface area contributed by atoms with Crippen LogP contribution in [0, 0.1) is 5.92 Å². The predicted octanol–water partition coefficient (Wildman–Crippen LogP) is 2.64. The molecule has 0 bridgehead atoms. The third-order valence-electron chi connectivity index (χ3n) is 4.66. The van der Waals surface area contributed by atoms with Gasteiger partial charge < -0.3 is 14.2 Å². The van der Waals surface area contributed by atoms with Gasteiger partial charge in [0, 0.05) is 32.1 Å². The summed E-state index contributed by atoms with van der Waals surface area (Å²) in [5.41, 5.74) is 1.19. The SMILES string of the molecule is O=C(Nc1nc(C(=O)N2CCN(c3ccccc3Cl)CC2)co1)C1CC1. The van der Waals surface area contributed by atoms with Crippen molar-refractivity contribution in [2.75, 3.05) is 36.4 Å². The van der Waals surface area contributed by atoms with E-state index in [9.17, 15) is 9.59 Å². The lowest BCUT2D eigenvalue weighted by molar-refractivity contribution is -0.117. The first kappa shape index (κ1) is 16.9. The maximum Gasteiger partial charge on any atom is 0.302 e. The molecule has 2 fully saturated rings. The molecule has 0 radical (unpaired) electrons. The first-order valence-corrected chi connectivity index (χ1v) is 9.05. The molecule has 1 aliphatic carbocycles. The lowest BCUT2D eigenvalue weighted by Crippen LogP contribution is -2.49. The molecule has 2 heterocycles. The van der Waals surface area contributed by atoms with Gasteiger partial charge in [-0.15, -0.1) is 0 Å². The molecule has 2 aromatic rings.